The summed E-state index contributed by atoms with van der Waals surface area (Å²) in [7, 11) is 2.12. The first kappa shape index (κ1) is 27.9. The van der Waals surface area contributed by atoms with Crippen molar-refractivity contribution in [3.8, 4) is 0 Å². The predicted molar refractivity (Wildman–Crippen MR) is 125 cm³/mol. The van der Waals surface area contributed by atoms with E-state index in [0.717, 1.165) is 43.5 Å². The Morgan fingerprint density at radius 1 is 0.857 bits per heavy atom. The third-order valence-electron chi connectivity index (χ3n) is 6.50. The van der Waals surface area contributed by atoms with Gasteiger partial charge in [0.2, 0.25) is 0 Å². The van der Waals surface area contributed by atoms with Gasteiger partial charge in [-0.15, -0.1) is 0 Å². The van der Waals surface area contributed by atoms with Crippen molar-refractivity contribution in [1.29, 1.82) is 0 Å². The summed E-state index contributed by atoms with van der Waals surface area (Å²) in [5.74, 6) is 0.557. The fraction of sp³-hybridized carbons (Fsp3) is 0.520. The molecule has 1 saturated heterocycles. The van der Waals surface area contributed by atoms with Crippen molar-refractivity contribution in [3.63, 3.8) is 0 Å². The Balaban J connectivity index is 1.98. The summed E-state index contributed by atoms with van der Waals surface area (Å²) in [5.41, 5.74) is -0.825. The van der Waals surface area contributed by atoms with Crippen molar-refractivity contribution in [2.75, 3.05) is 20.7 Å². The van der Waals surface area contributed by atoms with Crippen LogP contribution in [0, 0.1) is 5.92 Å². The van der Waals surface area contributed by atoms with E-state index in [1.54, 1.807) is 26.2 Å². The summed E-state index contributed by atoms with van der Waals surface area (Å²) in [4.78, 5) is 0. The van der Waals surface area contributed by atoms with E-state index in [1.165, 1.54) is 12.1 Å². The average molecular weight is 520 g/mol. The minimum absolute atomic E-state index is 0.379. The Kier molecular flexibility index (Phi) is 8.90. The van der Waals surface area contributed by atoms with Crippen molar-refractivity contribution in [3.05, 3.63) is 70.8 Å². The highest BCUT2D eigenvalue weighted by atomic mass is 31.2. The standard InChI is InChI=1S/C25H31F6N2OP/c1-5-17(2)9-8-14-34-35-32(3)22(18-10-6-12-20(15-18)24(26,27)28)23(33(35)4)19-11-7-13-21(16-19)25(29,30)31/h6-7,10-13,15-17,22-23H,5,8-9,14H2,1-4H3/t17?,22-,23-/m0/s1. The zero-order chi connectivity index (χ0) is 26.0. The fourth-order valence-electron chi connectivity index (χ4n) is 4.40. The zero-order valence-electron chi connectivity index (χ0n) is 20.2. The molecule has 3 atom stereocenters. The van der Waals surface area contributed by atoms with Crippen LogP contribution in [0.1, 0.15) is 67.4 Å². The van der Waals surface area contributed by atoms with Crippen LogP contribution in [-0.2, 0) is 16.9 Å². The number of rotatable bonds is 8. The molecule has 0 aliphatic carbocycles. The van der Waals surface area contributed by atoms with Gasteiger partial charge in [-0.05, 0) is 68.2 Å². The van der Waals surface area contributed by atoms with Crippen LogP contribution in [0.25, 0.3) is 0 Å². The number of hydrogen-bond donors (Lipinski definition) is 0. The highest BCUT2D eigenvalue weighted by Gasteiger charge is 2.47. The fourth-order valence-corrected chi connectivity index (χ4v) is 6.45. The molecule has 1 fully saturated rings. The molecule has 1 aliphatic rings. The topological polar surface area (TPSA) is 15.7 Å². The van der Waals surface area contributed by atoms with Crippen molar-refractivity contribution in [1.82, 2.24) is 9.34 Å². The second-order valence-corrected chi connectivity index (χ2v) is 11.1. The Morgan fingerprint density at radius 2 is 1.31 bits per heavy atom. The minimum Gasteiger partial charge on any atom is -0.331 e. The van der Waals surface area contributed by atoms with Crippen LogP contribution in [0.5, 0.6) is 0 Å². The summed E-state index contributed by atoms with van der Waals surface area (Å²) in [6.45, 7) is 4.75. The first-order valence-electron chi connectivity index (χ1n) is 11.6. The van der Waals surface area contributed by atoms with E-state index in [2.05, 4.69) is 13.8 Å². The summed E-state index contributed by atoms with van der Waals surface area (Å²) in [6.07, 6.45) is -6.17. The second-order valence-electron chi connectivity index (χ2n) is 9.03. The number of nitrogens with zero attached hydrogens (tertiary/aromatic N) is 2. The van der Waals surface area contributed by atoms with Gasteiger partial charge in [0.15, 0.2) is 8.45 Å². The maximum absolute atomic E-state index is 13.4. The Bertz CT molecular complexity index is 913. The molecule has 10 heteroatoms. The zero-order valence-corrected chi connectivity index (χ0v) is 21.1. The molecular formula is C25H31F6N2OP. The molecule has 194 valence electrons. The van der Waals surface area contributed by atoms with E-state index >= 15 is 0 Å². The summed E-state index contributed by atoms with van der Waals surface area (Å²) in [6, 6.07) is 8.77. The minimum atomic E-state index is -4.53. The Labute approximate surface area is 204 Å². The molecule has 1 aliphatic heterocycles. The number of likely N-dealkylation sites (N-methyl/N-ethyl adjacent to an activating group) is 2. The van der Waals surface area contributed by atoms with E-state index in [9.17, 15) is 26.3 Å². The van der Waals surface area contributed by atoms with Gasteiger partial charge in [-0.25, -0.2) is 9.34 Å². The second kappa shape index (κ2) is 11.2. The highest BCUT2D eigenvalue weighted by Crippen LogP contribution is 2.63. The van der Waals surface area contributed by atoms with Crippen molar-refractivity contribution >= 4 is 8.45 Å². The first-order chi connectivity index (χ1) is 16.3. The van der Waals surface area contributed by atoms with Gasteiger partial charge in [-0.1, -0.05) is 44.5 Å². The number of hydrogen-bond acceptors (Lipinski definition) is 3. The van der Waals surface area contributed by atoms with Gasteiger partial charge in [-0.3, -0.25) is 0 Å². The number of benzene rings is 2. The van der Waals surface area contributed by atoms with E-state index in [-0.39, 0.29) is 0 Å². The normalized spacial score (nSPS) is 21.5. The largest absolute Gasteiger partial charge is 0.416 e. The third-order valence-corrected chi connectivity index (χ3v) is 8.49. The molecule has 0 aromatic heterocycles. The summed E-state index contributed by atoms with van der Waals surface area (Å²) >= 11 is 0. The molecule has 0 spiro atoms. The van der Waals surface area contributed by atoms with Crippen molar-refractivity contribution in [2.24, 2.45) is 5.92 Å². The number of halogens is 6. The van der Waals surface area contributed by atoms with Gasteiger partial charge in [0.25, 0.3) is 0 Å². The molecular weight excluding hydrogens is 489 g/mol. The van der Waals surface area contributed by atoms with Gasteiger partial charge >= 0.3 is 12.4 Å². The van der Waals surface area contributed by atoms with Crippen molar-refractivity contribution in [2.45, 2.75) is 57.5 Å². The van der Waals surface area contributed by atoms with Crippen LogP contribution in [0.2, 0.25) is 0 Å². The van der Waals surface area contributed by atoms with E-state index < -0.39 is 44.0 Å². The van der Waals surface area contributed by atoms with Gasteiger partial charge in [0.1, 0.15) is 0 Å². The number of alkyl halides is 6. The molecule has 2 aromatic rings. The van der Waals surface area contributed by atoms with Crippen LogP contribution in [0.3, 0.4) is 0 Å². The third kappa shape index (κ3) is 6.56. The van der Waals surface area contributed by atoms with Crippen LogP contribution in [0.4, 0.5) is 26.3 Å². The Morgan fingerprint density at radius 3 is 1.71 bits per heavy atom. The van der Waals surface area contributed by atoms with Gasteiger partial charge in [0, 0.05) is 0 Å². The van der Waals surface area contributed by atoms with Crippen LogP contribution >= 0.6 is 8.45 Å². The first-order valence-corrected chi connectivity index (χ1v) is 12.7. The van der Waals surface area contributed by atoms with Crippen LogP contribution < -0.4 is 0 Å². The Hall–Kier alpha value is -1.67. The summed E-state index contributed by atoms with van der Waals surface area (Å²) < 4.78 is 90.6. The maximum Gasteiger partial charge on any atom is 0.416 e. The average Bonchev–Trinajstić information content (AvgIpc) is 3.05. The lowest BCUT2D eigenvalue weighted by Gasteiger charge is -2.27. The van der Waals surface area contributed by atoms with Crippen LogP contribution in [0.15, 0.2) is 48.5 Å². The SMILES string of the molecule is CCC(C)CCCOP1N(C)[C@@H](c2cccc(C(F)(F)F)c2)[C@H](c2cccc(C(F)(F)F)c2)N1C. The van der Waals surface area contributed by atoms with Gasteiger partial charge in [-0.2, -0.15) is 26.3 Å². The molecule has 0 bridgehead atoms. The van der Waals surface area contributed by atoms with Gasteiger partial charge in [0.05, 0.1) is 29.8 Å². The molecule has 0 amide bonds. The molecule has 0 saturated carbocycles. The van der Waals surface area contributed by atoms with Crippen molar-refractivity contribution < 1.29 is 30.9 Å². The monoisotopic (exact) mass is 520 g/mol. The lowest BCUT2D eigenvalue weighted by molar-refractivity contribution is -0.138. The molecule has 3 nitrogen and oxygen atoms in total. The van der Waals surface area contributed by atoms with Gasteiger partial charge < -0.3 is 4.52 Å². The lowest BCUT2D eigenvalue weighted by atomic mass is 9.91. The molecule has 0 N–H and O–H groups in total. The molecule has 2 aromatic carbocycles. The highest BCUT2D eigenvalue weighted by molar-refractivity contribution is 7.47. The molecule has 0 radical (unpaired) electrons. The molecule has 1 heterocycles. The van der Waals surface area contributed by atoms with E-state index in [0.29, 0.717) is 23.7 Å². The molecule has 1 unspecified atom stereocenters. The smallest absolute Gasteiger partial charge is 0.331 e. The van der Waals surface area contributed by atoms with E-state index in [1.807, 2.05) is 9.34 Å². The summed E-state index contributed by atoms with van der Waals surface area (Å²) in [5, 5.41) is 0. The molecule has 3 rings (SSSR count). The van der Waals surface area contributed by atoms with E-state index in [4.69, 9.17) is 4.52 Å². The lowest BCUT2D eigenvalue weighted by Crippen LogP contribution is -2.22. The quantitative estimate of drug-likeness (QED) is 0.197. The van der Waals surface area contributed by atoms with Crippen LogP contribution in [-0.4, -0.2) is 30.0 Å². The maximum atomic E-state index is 13.4. The predicted octanol–water partition coefficient (Wildman–Crippen LogP) is 8.45. The molecule has 35 heavy (non-hydrogen) atoms.